The zero-order chi connectivity index (χ0) is 19.8. The third kappa shape index (κ3) is 4.16. The molecule has 4 nitrogen and oxygen atoms in total. The van der Waals surface area contributed by atoms with Gasteiger partial charge < -0.3 is 10.2 Å². The molecule has 0 unspecified atom stereocenters. The quantitative estimate of drug-likeness (QED) is 0.814. The van der Waals surface area contributed by atoms with E-state index in [1.165, 1.54) is 5.56 Å². The van der Waals surface area contributed by atoms with E-state index in [0.29, 0.717) is 17.3 Å². The molecule has 1 aliphatic rings. The van der Waals surface area contributed by atoms with Crippen LogP contribution in [0, 0.1) is 12.8 Å². The monoisotopic (exact) mass is 384 g/mol. The van der Waals surface area contributed by atoms with Crippen LogP contribution in [0.1, 0.15) is 38.3 Å². The second-order valence-electron chi connectivity index (χ2n) is 8.10. The Morgan fingerprint density at radius 1 is 1.15 bits per heavy atom. The molecule has 1 heterocycles. The van der Waals surface area contributed by atoms with Crippen LogP contribution in [-0.2, 0) is 15.0 Å². The molecule has 0 spiro atoms. The van der Waals surface area contributed by atoms with E-state index in [9.17, 15) is 9.59 Å². The highest BCUT2D eigenvalue weighted by Crippen LogP contribution is 2.30. The van der Waals surface area contributed by atoms with E-state index in [1.807, 2.05) is 37.3 Å². The van der Waals surface area contributed by atoms with Crippen LogP contribution >= 0.6 is 11.6 Å². The summed E-state index contributed by atoms with van der Waals surface area (Å²) in [7, 11) is 0. The Kier molecular flexibility index (Phi) is 5.29. The summed E-state index contributed by atoms with van der Waals surface area (Å²) in [6, 6.07) is 13.4. The van der Waals surface area contributed by atoms with Gasteiger partial charge in [0.2, 0.25) is 11.8 Å². The lowest BCUT2D eigenvalue weighted by Crippen LogP contribution is -2.28. The van der Waals surface area contributed by atoms with Gasteiger partial charge in [-0.2, -0.15) is 0 Å². The number of carbonyl (C=O) groups excluding carboxylic acids is 2. The maximum absolute atomic E-state index is 12.7. The number of benzene rings is 2. The number of nitrogens with one attached hydrogen (secondary N) is 1. The van der Waals surface area contributed by atoms with Crippen molar-refractivity contribution in [3.63, 3.8) is 0 Å². The van der Waals surface area contributed by atoms with Gasteiger partial charge in [0.15, 0.2) is 0 Å². The number of halogens is 1. The zero-order valence-corrected chi connectivity index (χ0v) is 16.9. The van der Waals surface area contributed by atoms with Crippen LogP contribution in [0.2, 0.25) is 5.02 Å². The average Bonchev–Trinajstić information content (AvgIpc) is 3.00. The molecule has 1 N–H and O–H groups in total. The Balaban J connectivity index is 1.71. The first-order chi connectivity index (χ1) is 12.7. The van der Waals surface area contributed by atoms with Crippen LogP contribution in [0.15, 0.2) is 42.5 Å². The molecule has 1 fully saturated rings. The number of rotatable bonds is 3. The van der Waals surface area contributed by atoms with Gasteiger partial charge in [0.1, 0.15) is 0 Å². The van der Waals surface area contributed by atoms with Crippen LogP contribution < -0.4 is 10.2 Å². The molecule has 142 valence electrons. The van der Waals surface area contributed by atoms with Crippen LogP contribution in [0.25, 0.3) is 0 Å². The molecule has 0 bridgehead atoms. The highest BCUT2D eigenvalue weighted by atomic mass is 35.5. The molecular formula is C22H25ClN2O2. The van der Waals surface area contributed by atoms with E-state index < -0.39 is 0 Å². The van der Waals surface area contributed by atoms with E-state index in [0.717, 1.165) is 11.3 Å². The molecule has 3 rings (SSSR count). The number of hydrogen-bond acceptors (Lipinski definition) is 2. The third-order valence-electron chi connectivity index (χ3n) is 5.07. The summed E-state index contributed by atoms with van der Waals surface area (Å²) in [5.74, 6) is -0.554. The first-order valence-electron chi connectivity index (χ1n) is 9.13. The molecular weight excluding hydrogens is 360 g/mol. The molecule has 0 aromatic heterocycles. The second kappa shape index (κ2) is 7.35. The van der Waals surface area contributed by atoms with Crippen molar-refractivity contribution < 1.29 is 9.59 Å². The number of nitrogens with zero attached hydrogens (tertiary/aromatic N) is 1. The minimum atomic E-state index is -0.377. The number of carbonyl (C=O) groups is 2. The van der Waals surface area contributed by atoms with Gasteiger partial charge in [0, 0.05) is 29.4 Å². The van der Waals surface area contributed by atoms with Crippen LogP contribution in [0.5, 0.6) is 0 Å². The van der Waals surface area contributed by atoms with Gasteiger partial charge >= 0.3 is 0 Å². The lowest BCUT2D eigenvalue weighted by molar-refractivity contribution is -0.122. The molecule has 5 heteroatoms. The van der Waals surface area contributed by atoms with Gasteiger partial charge in [-0.15, -0.1) is 0 Å². The van der Waals surface area contributed by atoms with Crippen molar-refractivity contribution in [3.05, 3.63) is 58.6 Å². The Labute approximate surface area is 165 Å². The van der Waals surface area contributed by atoms with Gasteiger partial charge in [-0.1, -0.05) is 50.6 Å². The van der Waals surface area contributed by atoms with Crippen LogP contribution in [-0.4, -0.2) is 18.4 Å². The first-order valence-corrected chi connectivity index (χ1v) is 9.51. The summed E-state index contributed by atoms with van der Waals surface area (Å²) in [5.41, 5.74) is 3.62. The van der Waals surface area contributed by atoms with Crippen molar-refractivity contribution in [3.8, 4) is 0 Å². The fraction of sp³-hybridized carbons (Fsp3) is 0.364. The van der Waals surface area contributed by atoms with E-state index in [2.05, 4.69) is 26.1 Å². The molecule has 2 amide bonds. The van der Waals surface area contributed by atoms with E-state index in [-0.39, 0.29) is 29.6 Å². The van der Waals surface area contributed by atoms with Crippen LogP contribution in [0.4, 0.5) is 11.4 Å². The topological polar surface area (TPSA) is 49.4 Å². The highest BCUT2D eigenvalue weighted by molar-refractivity contribution is 6.31. The average molecular weight is 385 g/mol. The molecule has 0 radical (unpaired) electrons. The Morgan fingerprint density at radius 3 is 2.44 bits per heavy atom. The lowest BCUT2D eigenvalue weighted by Gasteiger charge is -2.21. The summed E-state index contributed by atoms with van der Waals surface area (Å²) in [4.78, 5) is 26.8. The number of amides is 2. The molecule has 2 aromatic rings. The smallest absolute Gasteiger partial charge is 0.229 e. The molecule has 1 atom stereocenters. The fourth-order valence-corrected chi connectivity index (χ4v) is 3.43. The number of anilines is 2. The predicted octanol–water partition coefficient (Wildman–Crippen LogP) is 4.94. The SMILES string of the molecule is Cc1c(Cl)cccc1NC(=O)[C@H]1CC(=O)N(c2ccc(C(C)(C)C)cc2)C1. The number of hydrogen-bond donors (Lipinski definition) is 1. The summed E-state index contributed by atoms with van der Waals surface area (Å²) in [5, 5.41) is 3.52. The van der Waals surface area contributed by atoms with E-state index in [1.54, 1.807) is 17.0 Å². The standard InChI is InChI=1S/C22H25ClN2O2/c1-14-18(23)6-5-7-19(14)24-21(27)15-12-20(26)25(13-15)17-10-8-16(9-11-17)22(2,3)4/h5-11,15H,12-13H2,1-4H3,(H,24,27)/t15-/m0/s1. The normalized spacial score (nSPS) is 17.3. The molecule has 1 saturated heterocycles. The second-order valence-corrected chi connectivity index (χ2v) is 8.51. The minimum Gasteiger partial charge on any atom is -0.325 e. The summed E-state index contributed by atoms with van der Waals surface area (Å²) in [6.45, 7) is 8.71. The summed E-state index contributed by atoms with van der Waals surface area (Å²) in [6.07, 6.45) is 0.215. The summed E-state index contributed by atoms with van der Waals surface area (Å²) < 4.78 is 0. The molecule has 27 heavy (non-hydrogen) atoms. The van der Waals surface area contributed by atoms with E-state index in [4.69, 9.17) is 11.6 Å². The minimum absolute atomic E-state index is 0.0264. The Bertz CT molecular complexity index is 869. The van der Waals surface area contributed by atoms with Crippen molar-refractivity contribution in [2.75, 3.05) is 16.8 Å². The van der Waals surface area contributed by atoms with Gasteiger partial charge in [-0.3, -0.25) is 9.59 Å². The molecule has 1 aliphatic heterocycles. The Hall–Kier alpha value is -2.33. The lowest BCUT2D eigenvalue weighted by atomic mass is 9.87. The maximum atomic E-state index is 12.7. The van der Waals surface area contributed by atoms with Gasteiger partial charge in [-0.25, -0.2) is 0 Å². The van der Waals surface area contributed by atoms with Crippen molar-refractivity contribution in [1.82, 2.24) is 0 Å². The largest absolute Gasteiger partial charge is 0.325 e. The highest BCUT2D eigenvalue weighted by Gasteiger charge is 2.35. The maximum Gasteiger partial charge on any atom is 0.229 e. The predicted molar refractivity (Wildman–Crippen MR) is 110 cm³/mol. The van der Waals surface area contributed by atoms with Crippen molar-refractivity contribution in [1.29, 1.82) is 0 Å². The summed E-state index contributed by atoms with van der Waals surface area (Å²) >= 11 is 6.11. The fourth-order valence-electron chi connectivity index (χ4n) is 3.25. The van der Waals surface area contributed by atoms with Crippen molar-refractivity contribution >= 4 is 34.8 Å². The first kappa shape index (κ1) is 19.4. The third-order valence-corrected chi connectivity index (χ3v) is 5.48. The van der Waals surface area contributed by atoms with Crippen LogP contribution in [0.3, 0.4) is 0 Å². The molecule has 0 aliphatic carbocycles. The molecule has 2 aromatic carbocycles. The van der Waals surface area contributed by atoms with Gasteiger partial charge in [0.05, 0.1) is 5.92 Å². The van der Waals surface area contributed by atoms with Crippen molar-refractivity contribution in [2.24, 2.45) is 5.92 Å². The Morgan fingerprint density at radius 2 is 1.81 bits per heavy atom. The van der Waals surface area contributed by atoms with Gasteiger partial charge in [-0.05, 0) is 47.7 Å². The zero-order valence-electron chi connectivity index (χ0n) is 16.2. The van der Waals surface area contributed by atoms with E-state index >= 15 is 0 Å². The van der Waals surface area contributed by atoms with Crippen molar-refractivity contribution in [2.45, 2.75) is 39.5 Å². The molecule has 0 saturated carbocycles. The van der Waals surface area contributed by atoms with Gasteiger partial charge in [0.25, 0.3) is 0 Å².